The zero-order valence-corrected chi connectivity index (χ0v) is 39.7. The van der Waals surface area contributed by atoms with Crippen molar-refractivity contribution in [1.29, 1.82) is 0 Å². The first-order chi connectivity index (χ1) is 29.4. The Kier molecular flexibility index (Phi) is 12.3. The predicted octanol–water partition coefficient (Wildman–Crippen LogP) is 14.2. The second-order valence-electron chi connectivity index (χ2n) is 18.6. The molecule has 0 saturated heterocycles. The molecule has 0 fully saturated rings. The van der Waals surface area contributed by atoms with Crippen LogP contribution in [0, 0.1) is 17.9 Å². The molecule has 0 spiro atoms. The monoisotopic (exact) mass is 1020 g/mol. The maximum atomic E-state index is 13.9. The number of aromatic carboxylic acids is 1. The molecule has 0 saturated carbocycles. The van der Waals surface area contributed by atoms with Gasteiger partial charge in [-0.05, 0) is 74.2 Å². The molecule has 0 aliphatic heterocycles. The fourth-order valence-corrected chi connectivity index (χ4v) is 8.08. The third kappa shape index (κ3) is 8.57. The van der Waals surface area contributed by atoms with E-state index in [2.05, 4.69) is 158 Å². The normalized spacial score (nSPS) is 12.0. The molecule has 0 aliphatic carbocycles. The Morgan fingerprint density at radius 1 is 0.778 bits per heavy atom. The van der Waals surface area contributed by atoms with E-state index >= 15 is 0 Å². The molecule has 1 N–H and O–H groups in total. The minimum atomic E-state index is -1.18. The van der Waals surface area contributed by atoms with Crippen molar-refractivity contribution in [2.45, 2.75) is 91.9 Å². The van der Waals surface area contributed by atoms with Gasteiger partial charge in [-0.2, -0.15) is 0 Å². The van der Waals surface area contributed by atoms with Crippen molar-refractivity contribution in [1.82, 2.24) is 19.5 Å². The number of benzene rings is 5. The van der Waals surface area contributed by atoms with Gasteiger partial charge in [0, 0.05) is 54.8 Å². The minimum absolute atomic E-state index is 0. The Morgan fingerprint density at radius 2 is 1.46 bits per heavy atom. The van der Waals surface area contributed by atoms with E-state index in [1.165, 1.54) is 28.3 Å². The molecular weight excluding hydrogens is 964 g/mol. The van der Waals surface area contributed by atoms with Gasteiger partial charge >= 0.3 is 0 Å². The first-order valence-corrected chi connectivity index (χ1v) is 21.1. The van der Waals surface area contributed by atoms with Crippen molar-refractivity contribution in [2.75, 3.05) is 0 Å². The van der Waals surface area contributed by atoms with Crippen LogP contribution in [0.3, 0.4) is 0 Å². The predicted molar refractivity (Wildman–Crippen MR) is 249 cm³/mol. The standard InChI is InChI=1S/C38H36N3O.C16H15FNO2.Ir/c1-22(2)26-14-10-15-27(23(3)4)34(26)41-31-18-19-39-36(38(5,6)7)33(31)40-37(41)29-17-11-16-28-30-20-24-12-8-9-13-25(24)21-32(30)42-35(28)29;1-16(2,3)11-5-7-14(18-9-11)12-6-4-10(15(19)20)8-13(12)17;/h8-16,18-23H,1-7H3;4-5,7-9H,1-3H3,(H,19,20);/q2*-1;. The van der Waals surface area contributed by atoms with E-state index in [1.807, 2.05) is 18.3 Å². The number of rotatable bonds is 6. The third-order valence-electron chi connectivity index (χ3n) is 11.4. The third-order valence-corrected chi connectivity index (χ3v) is 11.4. The van der Waals surface area contributed by atoms with E-state index in [-0.39, 0.29) is 42.1 Å². The molecule has 0 aliphatic rings. The minimum Gasteiger partial charge on any atom is -0.501 e. The Hall–Kier alpha value is -6.02. The fourth-order valence-electron chi connectivity index (χ4n) is 8.08. The van der Waals surface area contributed by atoms with Gasteiger partial charge in [0.2, 0.25) is 0 Å². The van der Waals surface area contributed by atoms with E-state index in [4.69, 9.17) is 19.5 Å². The second-order valence-corrected chi connectivity index (χ2v) is 18.6. The summed E-state index contributed by atoms with van der Waals surface area (Å²) < 4.78 is 22.9. The van der Waals surface area contributed by atoms with E-state index in [0.29, 0.717) is 17.5 Å². The van der Waals surface area contributed by atoms with Gasteiger partial charge in [-0.25, -0.2) is 0 Å². The average molecular weight is 1020 g/mol. The molecule has 0 unspecified atom stereocenters. The number of hydrogen-bond donors (Lipinski definition) is 1. The molecule has 323 valence electrons. The molecule has 0 amide bonds. The number of pyridine rings is 2. The van der Waals surface area contributed by atoms with Crippen LogP contribution in [0.2, 0.25) is 0 Å². The van der Waals surface area contributed by atoms with Gasteiger partial charge in [0.05, 0.1) is 28.1 Å². The maximum absolute atomic E-state index is 13.9. The molecule has 9 rings (SSSR count). The number of hydrogen-bond acceptors (Lipinski definition) is 5. The number of carboxylic acid groups (broad SMARTS) is 1. The smallest absolute Gasteiger partial charge is 0.292 e. The molecule has 63 heavy (non-hydrogen) atoms. The molecule has 4 aromatic heterocycles. The number of nitrogens with zero attached hydrogens (tertiary/aromatic N) is 4. The van der Waals surface area contributed by atoms with Crippen LogP contribution in [-0.4, -0.2) is 30.6 Å². The maximum Gasteiger partial charge on any atom is 0.292 e. The van der Waals surface area contributed by atoms with E-state index < -0.39 is 11.8 Å². The zero-order valence-electron chi connectivity index (χ0n) is 37.3. The molecule has 4 heterocycles. The Labute approximate surface area is 381 Å². The summed E-state index contributed by atoms with van der Waals surface area (Å²) >= 11 is 0. The number of para-hydroxylation sites is 1. The zero-order chi connectivity index (χ0) is 44.2. The summed E-state index contributed by atoms with van der Waals surface area (Å²) in [7, 11) is 0. The van der Waals surface area contributed by atoms with Crippen molar-refractivity contribution in [3.8, 4) is 28.3 Å². The molecule has 0 bridgehead atoms. The van der Waals surface area contributed by atoms with Gasteiger partial charge in [-0.3, -0.25) is 19.2 Å². The van der Waals surface area contributed by atoms with Crippen LogP contribution in [0.15, 0.2) is 114 Å². The quantitative estimate of drug-likeness (QED) is 0.167. The molecule has 1 radical (unpaired) electrons. The van der Waals surface area contributed by atoms with Crippen LogP contribution < -0.4 is 0 Å². The number of aromatic nitrogens is 4. The Morgan fingerprint density at radius 3 is 2.05 bits per heavy atom. The number of carboxylic acids is 1. The number of carbonyl (C=O) groups is 1. The van der Waals surface area contributed by atoms with E-state index in [9.17, 15) is 9.18 Å². The molecule has 0 atom stereocenters. The Bertz CT molecular complexity index is 3120. The molecule has 7 nitrogen and oxygen atoms in total. The van der Waals surface area contributed by atoms with E-state index in [0.717, 1.165) is 67.1 Å². The average Bonchev–Trinajstić information content (AvgIpc) is 3.80. The van der Waals surface area contributed by atoms with Gasteiger partial charge in [0.15, 0.2) is 0 Å². The van der Waals surface area contributed by atoms with Crippen LogP contribution in [-0.2, 0) is 30.9 Å². The van der Waals surface area contributed by atoms with Gasteiger partial charge in [-0.1, -0.05) is 146 Å². The fraction of sp³-hybridized carbons (Fsp3) is 0.259. The van der Waals surface area contributed by atoms with Crippen molar-refractivity contribution < 1.29 is 38.8 Å². The van der Waals surface area contributed by atoms with Crippen LogP contribution in [0.5, 0.6) is 0 Å². The summed E-state index contributed by atoms with van der Waals surface area (Å²) in [5.41, 5.74) is 10.6. The van der Waals surface area contributed by atoms with Gasteiger partial charge in [0.25, 0.3) is 5.97 Å². The van der Waals surface area contributed by atoms with Crippen molar-refractivity contribution in [2.24, 2.45) is 0 Å². The largest absolute Gasteiger partial charge is 0.501 e. The van der Waals surface area contributed by atoms with Crippen LogP contribution >= 0.6 is 0 Å². The number of halogens is 1. The number of imidazole rings is 1. The van der Waals surface area contributed by atoms with E-state index in [1.54, 1.807) is 12.3 Å². The van der Waals surface area contributed by atoms with Crippen molar-refractivity contribution in [3.63, 3.8) is 0 Å². The second kappa shape index (κ2) is 17.3. The van der Waals surface area contributed by atoms with Crippen LogP contribution in [0.4, 0.5) is 4.39 Å². The van der Waals surface area contributed by atoms with Crippen LogP contribution in [0.1, 0.15) is 114 Å². The van der Waals surface area contributed by atoms with Gasteiger partial charge in [0.1, 0.15) is 5.58 Å². The van der Waals surface area contributed by atoms with Crippen molar-refractivity contribution >= 4 is 49.7 Å². The first-order valence-electron chi connectivity index (χ1n) is 21.1. The summed E-state index contributed by atoms with van der Waals surface area (Å²) in [6, 6.07) is 37.8. The summed E-state index contributed by atoms with van der Waals surface area (Å²) in [6.07, 6.45) is 3.63. The summed E-state index contributed by atoms with van der Waals surface area (Å²) in [4.78, 5) is 25.3. The summed E-state index contributed by atoms with van der Waals surface area (Å²) in [5.74, 6) is -0.339. The number of fused-ring (bicyclic) bond motifs is 5. The molecular formula is C54H51FIrN4O3-2. The molecule has 9 heteroatoms. The van der Waals surface area contributed by atoms with Crippen LogP contribution in [0.25, 0.3) is 72.1 Å². The summed E-state index contributed by atoms with van der Waals surface area (Å²) in [6.45, 7) is 21.9. The molecule has 5 aromatic carbocycles. The van der Waals surface area contributed by atoms with Crippen molar-refractivity contribution in [3.05, 3.63) is 155 Å². The molecule has 9 aromatic rings. The summed E-state index contributed by atoms with van der Waals surface area (Å²) in [5, 5.41) is 13.3. The van der Waals surface area contributed by atoms with Gasteiger partial charge in [-0.15, -0.1) is 30.3 Å². The van der Waals surface area contributed by atoms with Gasteiger partial charge < -0.3 is 19.1 Å². The Balaban J connectivity index is 0.000000239. The first kappa shape index (κ1) is 45.0. The number of furan rings is 1. The SMILES string of the molecule is CC(C)(C)c1ccc(-c2[c-]cc(C(=O)O)cc2F)nc1.CC(C)c1cccc(C(C)C)c1-n1c(-c2[c-]ccc3c2oc2cc4ccccc4cc23)nc2c(C(C)(C)C)nccc21.[Ir]. The topological polar surface area (TPSA) is 94.0 Å².